The minimum Gasteiger partial charge on any atom is -0.329 e. The number of carbonyl (C=O) groups is 3. The van der Waals surface area contributed by atoms with E-state index in [1.165, 1.54) is 11.9 Å². The van der Waals surface area contributed by atoms with Crippen LogP contribution in [0, 0.1) is 0 Å². The Balaban J connectivity index is 1.70. The van der Waals surface area contributed by atoms with Gasteiger partial charge < -0.3 is 10.2 Å². The molecule has 3 rings (SSSR count). The molecule has 1 aliphatic carbocycles. The smallest absolute Gasteiger partial charge is 0.251 e. The number of carbonyl (C=O) groups excluding carboxylic acids is 3. The molecule has 1 N–H and O–H groups in total. The monoisotopic (exact) mass is 279 g/mol. The Hall–Kier alpha value is -1.43. The van der Waals surface area contributed by atoms with Gasteiger partial charge in [-0.3, -0.25) is 19.3 Å². The maximum Gasteiger partial charge on any atom is 0.251 e. The minimum atomic E-state index is -0.450. The molecule has 0 aromatic heterocycles. The highest BCUT2D eigenvalue weighted by molar-refractivity contribution is 6.01. The molecule has 110 valence electrons. The van der Waals surface area contributed by atoms with Crippen LogP contribution in [-0.4, -0.2) is 59.2 Å². The van der Waals surface area contributed by atoms with E-state index in [1.807, 2.05) is 0 Å². The van der Waals surface area contributed by atoms with E-state index in [1.54, 1.807) is 4.90 Å². The van der Waals surface area contributed by atoms with Gasteiger partial charge in [-0.1, -0.05) is 0 Å². The molecule has 2 saturated heterocycles. The summed E-state index contributed by atoms with van der Waals surface area (Å²) in [7, 11) is 1.51. The molecular formula is C14H21N3O3. The number of amides is 3. The molecule has 2 aliphatic heterocycles. The Morgan fingerprint density at radius 3 is 2.50 bits per heavy atom. The van der Waals surface area contributed by atoms with Crippen LogP contribution >= 0.6 is 0 Å². The van der Waals surface area contributed by atoms with Gasteiger partial charge in [-0.15, -0.1) is 0 Å². The summed E-state index contributed by atoms with van der Waals surface area (Å²) < 4.78 is 0. The molecule has 0 spiro atoms. The van der Waals surface area contributed by atoms with Gasteiger partial charge in [0, 0.05) is 26.1 Å². The molecule has 2 atom stereocenters. The highest BCUT2D eigenvalue weighted by atomic mass is 16.2. The molecular weight excluding hydrogens is 258 g/mol. The maximum atomic E-state index is 12.5. The summed E-state index contributed by atoms with van der Waals surface area (Å²) in [4.78, 5) is 39.1. The first-order valence-corrected chi connectivity index (χ1v) is 7.45. The second-order valence-corrected chi connectivity index (χ2v) is 6.01. The fourth-order valence-electron chi connectivity index (χ4n) is 3.09. The van der Waals surface area contributed by atoms with Crippen LogP contribution in [0.25, 0.3) is 0 Å². The summed E-state index contributed by atoms with van der Waals surface area (Å²) in [6, 6.07) is -0.115. The highest BCUT2D eigenvalue weighted by Crippen LogP contribution is 2.25. The first-order chi connectivity index (χ1) is 9.58. The number of imide groups is 1. The average molecular weight is 279 g/mol. The summed E-state index contributed by atoms with van der Waals surface area (Å²) in [6.45, 7) is 0.625. The van der Waals surface area contributed by atoms with Gasteiger partial charge >= 0.3 is 0 Å². The van der Waals surface area contributed by atoms with Gasteiger partial charge in [0.25, 0.3) is 5.91 Å². The quantitative estimate of drug-likeness (QED) is 0.731. The van der Waals surface area contributed by atoms with Crippen molar-refractivity contribution in [1.82, 2.24) is 15.1 Å². The largest absolute Gasteiger partial charge is 0.329 e. The zero-order chi connectivity index (χ0) is 14.3. The third-order valence-electron chi connectivity index (χ3n) is 4.48. The van der Waals surface area contributed by atoms with Gasteiger partial charge in [0.1, 0.15) is 6.04 Å². The third kappa shape index (κ3) is 2.44. The highest BCUT2D eigenvalue weighted by Gasteiger charge is 2.42. The topological polar surface area (TPSA) is 69.7 Å². The van der Waals surface area contributed by atoms with E-state index in [0.29, 0.717) is 25.4 Å². The summed E-state index contributed by atoms with van der Waals surface area (Å²) in [5.41, 5.74) is 0. The molecule has 20 heavy (non-hydrogen) atoms. The van der Waals surface area contributed by atoms with E-state index in [2.05, 4.69) is 5.32 Å². The lowest BCUT2D eigenvalue weighted by atomic mass is 9.97. The van der Waals surface area contributed by atoms with Gasteiger partial charge in [-0.25, -0.2) is 0 Å². The standard InChI is InChI=1S/C14H21N3O3/c1-16-12(18)7-6-11(14(16)20)17-8-2-3-10(13(17)19)15-9-4-5-9/h9-11,15H,2-8H2,1H3. The van der Waals surface area contributed by atoms with Crippen molar-refractivity contribution in [2.24, 2.45) is 0 Å². The number of nitrogens with one attached hydrogen (secondary N) is 1. The molecule has 0 bridgehead atoms. The van der Waals surface area contributed by atoms with E-state index in [0.717, 1.165) is 25.7 Å². The lowest BCUT2D eigenvalue weighted by Crippen LogP contribution is -2.60. The predicted octanol–water partition coefficient (Wildman–Crippen LogP) is -0.123. The summed E-state index contributed by atoms with van der Waals surface area (Å²) in [5, 5.41) is 3.36. The molecule has 2 unspecified atom stereocenters. The second-order valence-electron chi connectivity index (χ2n) is 6.01. The van der Waals surface area contributed by atoms with Crippen molar-refractivity contribution in [3.05, 3.63) is 0 Å². The lowest BCUT2D eigenvalue weighted by Gasteiger charge is -2.40. The van der Waals surface area contributed by atoms with Crippen molar-refractivity contribution in [2.45, 2.75) is 56.7 Å². The first kappa shape index (κ1) is 13.5. The number of rotatable bonds is 3. The van der Waals surface area contributed by atoms with Crippen molar-refractivity contribution in [3.63, 3.8) is 0 Å². The van der Waals surface area contributed by atoms with Crippen molar-refractivity contribution in [1.29, 1.82) is 0 Å². The van der Waals surface area contributed by atoms with E-state index in [4.69, 9.17) is 0 Å². The van der Waals surface area contributed by atoms with E-state index in [-0.39, 0.29) is 23.8 Å². The normalized spacial score (nSPS) is 31.9. The zero-order valence-corrected chi connectivity index (χ0v) is 11.8. The van der Waals surface area contributed by atoms with Crippen LogP contribution in [0.3, 0.4) is 0 Å². The van der Waals surface area contributed by atoms with Crippen LogP contribution in [0.5, 0.6) is 0 Å². The van der Waals surface area contributed by atoms with Crippen molar-refractivity contribution >= 4 is 17.7 Å². The molecule has 3 fully saturated rings. The number of likely N-dealkylation sites (tertiary alicyclic amines) is 2. The van der Waals surface area contributed by atoms with Crippen molar-refractivity contribution in [2.75, 3.05) is 13.6 Å². The summed E-state index contributed by atoms with van der Waals surface area (Å²) in [6.07, 6.45) is 4.85. The number of nitrogens with zero attached hydrogens (tertiary/aromatic N) is 2. The molecule has 0 aromatic carbocycles. The van der Waals surface area contributed by atoms with E-state index < -0.39 is 6.04 Å². The Morgan fingerprint density at radius 1 is 1.05 bits per heavy atom. The van der Waals surface area contributed by atoms with E-state index in [9.17, 15) is 14.4 Å². The van der Waals surface area contributed by atoms with Gasteiger partial charge in [0.15, 0.2) is 0 Å². The number of piperidine rings is 2. The SMILES string of the molecule is CN1C(=O)CCC(N2CCCC(NC3CC3)C2=O)C1=O. The number of hydrogen-bond donors (Lipinski definition) is 1. The van der Waals surface area contributed by atoms with Crippen molar-refractivity contribution in [3.8, 4) is 0 Å². The Bertz CT molecular complexity index is 447. The maximum absolute atomic E-state index is 12.5. The molecule has 0 aromatic rings. The average Bonchev–Trinajstić information content (AvgIpc) is 3.24. The van der Waals surface area contributed by atoms with Crippen LogP contribution < -0.4 is 5.32 Å². The third-order valence-corrected chi connectivity index (χ3v) is 4.48. The Kier molecular flexibility index (Phi) is 3.50. The first-order valence-electron chi connectivity index (χ1n) is 7.45. The van der Waals surface area contributed by atoms with Crippen LogP contribution in [0.1, 0.15) is 38.5 Å². The summed E-state index contributed by atoms with van der Waals surface area (Å²) >= 11 is 0. The van der Waals surface area contributed by atoms with Crippen LogP contribution in [-0.2, 0) is 14.4 Å². The molecule has 6 nitrogen and oxygen atoms in total. The van der Waals surface area contributed by atoms with Crippen molar-refractivity contribution < 1.29 is 14.4 Å². The van der Waals surface area contributed by atoms with Crippen LogP contribution in [0.2, 0.25) is 0 Å². The van der Waals surface area contributed by atoms with Crippen LogP contribution in [0.4, 0.5) is 0 Å². The zero-order valence-electron chi connectivity index (χ0n) is 11.8. The fraction of sp³-hybridized carbons (Fsp3) is 0.786. The summed E-state index contributed by atoms with van der Waals surface area (Å²) in [5.74, 6) is -0.353. The van der Waals surface area contributed by atoms with E-state index >= 15 is 0 Å². The molecule has 3 amide bonds. The molecule has 2 heterocycles. The Labute approximate surface area is 118 Å². The van der Waals surface area contributed by atoms with Gasteiger partial charge in [-0.2, -0.15) is 0 Å². The minimum absolute atomic E-state index is 0.0317. The van der Waals surface area contributed by atoms with Gasteiger partial charge in [0.2, 0.25) is 11.8 Å². The van der Waals surface area contributed by atoms with Gasteiger partial charge in [0.05, 0.1) is 6.04 Å². The molecule has 0 radical (unpaired) electrons. The fourth-order valence-corrected chi connectivity index (χ4v) is 3.09. The predicted molar refractivity (Wildman–Crippen MR) is 71.7 cm³/mol. The molecule has 1 saturated carbocycles. The number of likely N-dealkylation sites (N-methyl/N-ethyl adjacent to an activating group) is 1. The van der Waals surface area contributed by atoms with Crippen LogP contribution in [0.15, 0.2) is 0 Å². The second kappa shape index (κ2) is 5.16. The lowest BCUT2D eigenvalue weighted by molar-refractivity contribution is -0.157. The Morgan fingerprint density at radius 2 is 1.80 bits per heavy atom. The molecule has 3 aliphatic rings. The number of hydrogen-bond acceptors (Lipinski definition) is 4. The molecule has 6 heteroatoms. The van der Waals surface area contributed by atoms with Gasteiger partial charge in [-0.05, 0) is 32.1 Å².